The molecule has 0 saturated heterocycles. The molecule has 2 nitrogen and oxygen atoms in total. The van der Waals surface area contributed by atoms with Gasteiger partial charge in [0, 0.05) is 29.8 Å². The molecule has 0 amide bonds. The summed E-state index contributed by atoms with van der Waals surface area (Å²) in [6, 6.07) is 12.9. The van der Waals surface area contributed by atoms with E-state index in [4.69, 9.17) is 0 Å². The van der Waals surface area contributed by atoms with Crippen molar-refractivity contribution in [3.05, 3.63) is 65.7 Å². The van der Waals surface area contributed by atoms with Crippen molar-refractivity contribution in [1.82, 2.24) is 10.3 Å². The van der Waals surface area contributed by atoms with E-state index >= 15 is 0 Å². The predicted octanol–water partition coefficient (Wildman–Crippen LogP) is 3.33. The van der Waals surface area contributed by atoms with Crippen LogP contribution in [0.15, 0.2) is 48.7 Å². The fourth-order valence-electron chi connectivity index (χ4n) is 2.53. The molecule has 3 heteroatoms. The molecule has 2 rings (SSSR count). The fraction of sp³-hybridized carbons (Fsp3) is 0.353. The van der Waals surface area contributed by atoms with Gasteiger partial charge in [-0.3, -0.25) is 4.98 Å². The highest BCUT2D eigenvalue weighted by atomic mass is 19.1. The van der Waals surface area contributed by atoms with E-state index in [0.29, 0.717) is 0 Å². The van der Waals surface area contributed by atoms with Crippen molar-refractivity contribution >= 4 is 0 Å². The summed E-state index contributed by atoms with van der Waals surface area (Å²) in [5.41, 5.74) is 2.07. The molecule has 1 unspecified atom stereocenters. The first-order valence-electron chi connectivity index (χ1n) is 6.87. The predicted molar refractivity (Wildman–Crippen MR) is 80.2 cm³/mol. The normalized spacial score (nSPS) is 13.2. The summed E-state index contributed by atoms with van der Waals surface area (Å²) in [6.45, 7) is 4.34. The quantitative estimate of drug-likeness (QED) is 0.903. The van der Waals surface area contributed by atoms with Crippen LogP contribution in [0.25, 0.3) is 0 Å². The molecule has 1 heterocycles. The minimum Gasteiger partial charge on any atom is -0.316 e. The number of aromatic nitrogens is 1. The van der Waals surface area contributed by atoms with Crippen LogP contribution in [-0.4, -0.2) is 18.1 Å². The maximum atomic E-state index is 13.1. The van der Waals surface area contributed by atoms with E-state index in [1.54, 1.807) is 0 Å². The van der Waals surface area contributed by atoms with Crippen LogP contribution in [0.5, 0.6) is 0 Å². The topological polar surface area (TPSA) is 24.9 Å². The van der Waals surface area contributed by atoms with E-state index in [0.717, 1.165) is 17.7 Å². The lowest BCUT2D eigenvalue weighted by Crippen LogP contribution is -2.44. The summed E-state index contributed by atoms with van der Waals surface area (Å²) in [5, 5.41) is 3.37. The number of benzene rings is 1. The van der Waals surface area contributed by atoms with Gasteiger partial charge in [0.25, 0.3) is 0 Å². The molecular weight excluding hydrogens is 251 g/mol. The minimum atomic E-state index is -0.199. The summed E-state index contributed by atoms with van der Waals surface area (Å²) in [7, 11) is 1.96. The van der Waals surface area contributed by atoms with Crippen LogP contribution in [0.2, 0.25) is 0 Å². The number of nitrogens with zero attached hydrogens (tertiary/aromatic N) is 1. The zero-order chi connectivity index (χ0) is 14.6. The third-order valence-electron chi connectivity index (χ3n) is 3.95. The smallest absolute Gasteiger partial charge is 0.123 e. The average Bonchev–Trinajstić information content (AvgIpc) is 2.46. The van der Waals surface area contributed by atoms with Gasteiger partial charge in [0.15, 0.2) is 0 Å². The Bertz CT molecular complexity index is 535. The molecule has 2 aromatic rings. The average molecular weight is 272 g/mol. The van der Waals surface area contributed by atoms with Crippen LogP contribution in [0.4, 0.5) is 4.39 Å². The van der Waals surface area contributed by atoms with E-state index in [1.807, 2.05) is 43.6 Å². The van der Waals surface area contributed by atoms with Crippen LogP contribution in [0, 0.1) is 5.82 Å². The molecule has 0 spiro atoms. The van der Waals surface area contributed by atoms with E-state index in [1.165, 1.54) is 12.1 Å². The minimum absolute atomic E-state index is 0.111. The second-order valence-electron chi connectivity index (χ2n) is 5.60. The molecule has 1 N–H and O–H groups in total. The van der Waals surface area contributed by atoms with Crippen LogP contribution in [0.3, 0.4) is 0 Å². The monoisotopic (exact) mass is 272 g/mol. The highest BCUT2D eigenvalue weighted by Crippen LogP contribution is 2.29. The Labute approximate surface area is 120 Å². The van der Waals surface area contributed by atoms with Crippen molar-refractivity contribution in [2.24, 2.45) is 0 Å². The van der Waals surface area contributed by atoms with Crippen LogP contribution in [-0.2, 0) is 11.8 Å². The summed E-state index contributed by atoms with van der Waals surface area (Å²) in [5.74, 6) is -0.199. The Balaban J connectivity index is 2.23. The molecule has 0 aliphatic heterocycles. The number of rotatable bonds is 5. The standard InChI is InChI=1S/C17H21FN2/c1-17(2,13-7-9-14(18)10-8-13)16(19-3)12-15-6-4-5-11-20-15/h4-11,16,19H,12H2,1-3H3. The number of hydrogen-bond acceptors (Lipinski definition) is 2. The Hall–Kier alpha value is -1.74. The second-order valence-corrected chi connectivity index (χ2v) is 5.60. The van der Waals surface area contributed by atoms with Gasteiger partial charge in [-0.2, -0.15) is 0 Å². The summed E-state index contributed by atoms with van der Waals surface area (Å²) in [6.07, 6.45) is 2.65. The van der Waals surface area contributed by atoms with Crippen LogP contribution < -0.4 is 5.32 Å². The maximum Gasteiger partial charge on any atom is 0.123 e. The van der Waals surface area contributed by atoms with Crippen molar-refractivity contribution in [1.29, 1.82) is 0 Å². The van der Waals surface area contributed by atoms with Gasteiger partial charge < -0.3 is 5.32 Å². The summed E-state index contributed by atoms with van der Waals surface area (Å²) in [4.78, 5) is 4.39. The fourth-order valence-corrected chi connectivity index (χ4v) is 2.53. The lowest BCUT2D eigenvalue weighted by molar-refractivity contribution is 0.354. The van der Waals surface area contributed by atoms with Gasteiger partial charge in [-0.05, 0) is 36.9 Å². The zero-order valence-corrected chi connectivity index (χ0v) is 12.2. The number of likely N-dealkylation sites (N-methyl/N-ethyl adjacent to an activating group) is 1. The number of hydrogen-bond donors (Lipinski definition) is 1. The van der Waals surface area contributed by atoms with Crippen LogP contribution >= 0.6 is 0 Å². The van der Waals surface area contributed by atoms with Gasteiger partial charge in [0.1, 0.15) is 5.82 Å². The highest BCUT2D eigenvalue weighted by Gasteiger charge is 2.30. The maximum absolute atomic E-state index is 13.1. The first-order valence-corrected chi connectivity index (χ1v) is 6.87. The summed E-state index contributed by atoms with van der Waals surface area (Å²) >= 11 is 0. The van der Waals surface area contributed by atoms with Gasteiger partial charge in [-0.15, -0.1) is 0 Å². The third kappa shape index (κ3) is 3.23. The number of nitrogens with one attached hydrogen (secondary N) is 1. The molecule has 0 radical (unpaired) electrons. The van der Waals surface area contributed by atoms with Crippen LogP contribution in [0.1, 0.15) is 25.1 Å². The van der Waals surface area contributed by atoms with Crippen molar-refractivity contribution in [2.45, 2.75) is 31.7 Å². The molecule has 1 aromatic carbocycles. The molecule has 106 valence electrons. The number of pyridine rings is 1. The van der Waals surface area contributed by atoms with Crippen molar-refractivity contribution < 1.29 is 4.39 Å². The largest absolute Gasteiger partial charge is 0.316 e. The Kier molecular flexibility index (Phi) is 4.50. The molecule has 0 aliphatic rings. The number of halogens is 1. The Morgan fingerprint density at radius 3 is 2.40 bits per heavy atom. The lowest BCUT2D eigenvalue weighted by Gasteiger charge is -2.35. The van der Waals surface area contributed by atoms with Gasteiger partial charge in [0.05, 0.1) is 0 Å². The Morgan fingerprint density at radius 2 is 1.85 bits per heavy atom. The molecule has 0 bridgehead atoms. The Morgan fingerprint density at radius 1 is 1.15 bits per heavy atom. The molecule has 0 fully saturated rings. The van der Waals surface area contributed by atoms with Gasteiger partial charge in [-0.25, -0.2) is 4.39 Å². The molecule has 20 heavy (non-hydrogen) atoms. The molecule has 1 aromatic heterocycles. The van der Waals surface area contributed by atoms with Gasteiger partial charge in [-0.1, -0.05) is 32.0 Å². The molecule has 0 saturated carbocycles. The third-order valence-corrected chi connectivity index (χ3v) is 3.95. The van der Waals surface area contributed by atoms with E-state index in [2.05, 4.69) is 24.1 Å². The summed E-state index contributed by atoms with van der Waals surface area (Å²) < 4.78 is 13.1. The van der Waals surface area contributed by atoms with E-state index < -0.39 is 0 Å². The zero-order valence-electron chi connectivity index (χ0n) is 12.2. The molecule has 1 atom stereocenters. The molecular formula is C17H21FN2. The van der Waals surface area contributed by atoms with Crippen molar-refractivity contribution in [3.63, 3.8) is 0 Å². The lowest BCUT2D eigenvalue weighted by atomic mass is 9.76. The van der Waals surface area contributed by atoms with Crippen molar-refractivity contribution in [2.75, 3.05) is 7.05 Å². The van der Waals surface area contributed by atoms with Gasteiger partial charge in [0.2, 0.25) is 0 Å². The first-order chi connectivity index (χ1) is 9.54. The van der Waals surface area contributed by atoms with E-state index in [9.17, 15) is 4.39 Å². The van der Waals surface area contributed by atoms with E-state index in [-0.39, 0.29) is 17.3 Å². The van der Waals surface area contributed by atoms with Crippen molar-refractivity contribution in [3.8, 4) is 0 Å². The first kappa shape index (κ1) is 14.7. The van der Waals surface area contributed by atoms with Gasteiger partial charge >= 0.3 is 0 Å². The molecule has 0 aliphatic carbocycles. The second kappa shape index (κ2) is 6.14. The SMILES string of the molecule is CNC(Cc1ccccn1)C(C)(C)c1ccc(F)cc1. The highest BCUT2D eigenvalue weighted by molar-refractivity contribution is 5.27.